The van der Waals surface area contributed by atoms with Crippen LogP contribution in [0.2, 0.25) is 5.02 Å². The van der Waals surface area contributed by atoms with E-state index in [0.717, 1.165) is 4.90 Å². The van der Waals surface area contributed by atoms with E-state index in [4.69, 9.17) is 26.2 Å². The van der Waals surface area contributed by atoms with E-state index >= 15 is 0 Å². The normalized spacial score (nSPS) is 11.0. The number of rotatable bonds is 4. The highest BCUT2D eigenvalue weighted by Gasteiger charge is 2.13. The van der Waals surface area contributed by atoms with Crippen molar-refractivity contribution in [1.29, 1.82) is 0 Å². The van der Waals surface area contributed by atoms with Crippen LogP contribution in [0.4, 0.5) is 5.69 Å². The summed E-state index contributed by atoms with van der Waals surface area (Å²) in [5, 5.41) is 8.53. The molecule has 0 aliphatic heterocycles. The van der Waals surface area contributed by atoms with Gasteiger partial charge in [-0.05, 0) is 40.2 Å². The molecule has 0 saturated carbocycles. The van der Waals surface area contributed by atoms with Crippen molar-refractivity contribution in [1.82, 2.24) is 10.2 Å². The van der Waals surface area contributed by atoms with Gasteiger partial charge in [0.2, 0.25) is 5.89 Å². The fourth-order valence-corrected chi connectivity index (χ4v) is 3.13. The van der Waals surface area contributed by atoms with Gasteiger partial charge in [0, 0.05) is 10.6 Å². The molecule has 0 saturated heterocycles. The summed E-state index contributed by atoms with van der Waals surface area (Å²) < 4.78 is 11.5. The van der Waals surface area contributed by atoms with Crippen molar-refractivity contribution < 1.29 is 8.83 Å². The maximum Gasteiger partial charge on any atom is 0.283 e. The molecule has 1 aromatic carbocycles. The van der Waals surface area contributed by atoms with Crippen molar-refractivity contribution in [3.63, 3.8) is 0 Å². The summed E-state index contributed by atoms with van der Waals surface area (Å²) >= 11 is 10.8. The van der Waals surface area contributed by atoms with Gasteiger partial charge in [0.05, 0.1) is 10.8 Å². The largest absolute Gasteiger partial charge is 0.444 e. The Morgan fingerprint density at radius 3 is 2.76 bits per heavy atom. The van der Waals surface area contributed by atoms with E-state index in [-0.39, 0.29) is 0 Å². The van der Waals surface area contributed by atoms with Crippen molar-refractivity contribution in [2.75, 3.05) is 5.73 Å². The zero-order valence-corrected chi connectivity index (χ0v) is 13.7. The first-order chi connectivity index (χ1) is 10.1. The van der Waals surface area contributed by atoms with Gasteiger partial charge in [-0.3, -0.25) is 0 Å². The van der Waals surface area contributed by atoms with Gasteiger partial charge in [-0.2, -0.15) is 0 Å². The lowest BCUT2D eigenvalue weighted by Crippen LogP contribution is -1.89. The van der Waals surface area contributed by atoms with E-state index in [2.05, 4.69) is 26.1 Å². The highest BCUT2D eigenvalue weighted by Crippen LogP contribution is 2.34. The predicted molar refractivity (Wildman–Crippen MR) is 85.1 cm³/mol. The minimum Gasteiger partial charge on any atom is -0.444 e. The van der Waals surface area contributed by atoms with Crippen LogP contribution < -0.4 is 5.73 Å². The maximum absolute atomic E-state index is 6.11. The van der Waals surface area contributed by atoms with Crippen LogP contribution in [0.25, 0.3) is 11.7 Å². The van der Waals surface area contributed by atoms with Gasteiger partial charge in [-0.1, -0.05) is 17.7 Å². The third-order valence-electron chi connectivity index (χ3n) is 2.59. The number of benzene rings is 1. The quantitative estimate of drug-likeness (QED) is 0.520. The van der Waals surface area contributed by atoms with Gasteiger partial charge >= 0.3 is 0 Å². The van der Waals surface area contributed by atoms with E-state index in [0.29, 0.717) is 38.7 Å². The monoisotopic (exact) mass is 385 g/mol. The summed E-state index contributed by atoms with van der Waals surface area (Å²) in [6, 6.07) is 8.91. The van der Waals surface area contributed by atoms with Crippen molar-refractivity contribution in [3.05, 3.63) is 45.9 Å². The van der Waals surface area contributed by atoms with Crippen LogP contribution in [0.1, 0.15) is 5.89 Å². The van der Waals surface area contributed by atoms with E-state index in [1.807, 2.05) is 0 Å². The number of halogens is 2. The van der Waals surface area contributed by atoms with Gasteiger partial charge in [0.15, 0.2) is 10.4 Å². The Labute approximate surface area is 138 Å². The molecule has 0 bridgehead atoms. The smallest absolute Gasteiger partial charge is 0.283 e. The molecule has 21 heavy (non-hydrogen) atoms. The number of nitrogens with two attached hydrogens (primary N) is 1. The fraction of sp³-hybridized carbons (Fsp3) is 0.0769. The van der Waals surface area contributed by atoms with E-state index in [9.17, 15) is 0 Å². The average molecular weight is 387 g/mol. The summed E-state index contributed by atoms with van der Waals surface area (Å²) in [4.78, 5) is 0.805. The predicted octanol–water partition coefficient (Wildman–Crippen LogP) is 4.62. The third-order valence-corrected chi connectivity index (χ3v) is 4.58. The third kappa shape index (κ3) is 3.25. The Morgan fingerprint density at radius 2 is 2.05 bits per heavy atom. The molecule has 0 amide bonds. The molecular weight excluding hydrogens is 378 g/mol. The SMILES string of the molecule is Nc1cccc(Cl)c1SCc1nnc(-c2ccc(Br)o2)o1. The summed E-state index contributed by atoms with van der Waals surface area (Å²) in [5.41, 5.74) is 6.52. The lowest BCUT2D eigenvalue weighted by molar-refractivity contribution is 0.486. The second kappa shape index (κ2) is 6.13. The van der Waals surface area contributed by atoms with Crippen molar-refractivity contribution in [3.8, 4) is 11.7 Å². The van der Waals surface area contributed by atoms with Gasteiger partial charge in [-0.15, -0.1) is 22.0 Å². The maximum atomic E-state index is 6.11. The lowest BCUT2D eigenvalue weighted by Gasteiger charge is -2.05. The molecule has 0 radical (unpaired) electrons. The number of nitrogen functional groups attached to an aromatic ring is 1. The first kappa shape index (κ1) is 14.5. The van der Waals surface area contributed by atoms with Crippen LogP contribution in [0.5, 0.6) is 0 Å². The molecule has 5 nitrogen and oxygen atoms in total. The minimum absolute atomic E-state index is 0.337. The Hall–Kier alpha value is -1.44. The van der Waals surface area contributed by atoms with Gasteiger partial charge in [0.25, 0.3) is 5.89 Å². The lowest BCUT2D eigenvalue weighted by atomic mass is 10.3. The molecule has 0 unspecified atom stereocenters. The van der Waals surface area contributed by atoms with E-state index in [1.165, 1.54) is 11.8 Å². The van der Waals surface area contributed by atoms with Crippen LogP contribution in [0.15, 0.2) is 48.7 Å². The fourth-order valence-electron chi connectivity index (χ4n) is 1.65. The first-order valence-corrected chi connectivity index (χ1v) is 8.04. The molecule has 0 aliphatic rings. The van der Waals surface area contributed by atoms with Gasteiger partial charge in [-0.25, -0.2) is 0 Å². The molecule has 2 heterocycles. The topological polar surface area (TPSA) is 78.1 Å². The highest BCUT2D eigenvalue weighted by atomic mass is 79.9. The molecule has 0 fully saturated rings. The molecule has 3 aromatic rings. The first-order valence-electron chi connectivity index (χ1n) is 5.88. The Balaban J connectivity index is 1.73. The molecule has 2 aromatic heterocycles. The average Bonchev–Trinajstić information content (AvgIpc) is 3.07. The zero-order chi connectivity index (χ0) is 14.8. The molecule has 8 heteroatoms. The van der Waals surface area contributed by atoms with E-state index in [1.54, 1.807) is 30.3 Å². The van der Waals surface area contributed by atoms with Crippen molar-refractivity contribution in [2.45, 2.75) is 10.6 Å². The van der Waals surface area contributed by atoms with Crippen LogP contribution in [0.3, 0.4) is 0 Å². The zero-order valence-electron chi connectivity index (χ0n) is 10.5. The Bertz CT molecular complexity index is 754. The van der Waals surface area contributed by atoms with Crippen LogP contribution in [-0.4, -0.2) is 10.2 Å². The van der Waals surface area contributed by atoms with Crippen molar-refractivity contribution >= 4 is 45.0 Å². The second-order valence-electron chi connectivity index (χ2n) is 4.05. The standard InChI is InChI=1S/C13H9BrClN3O2S/c14-10-5-4-9(19-10)13-18-17-11(20-13)6-21-12-7(15)2-1-3-8(12)16/h1-5H,6,16H2. The molecule has 2 N–H and O–H groups in total. The minimum atomic E-state index is 0.337. The molecule has 0 atom stereocenters. The molecular formula is C13H9BrClN3O2S. The highest BCUT2D eigenvalue weighted by molar-refractivity contribution is 9.10. The summed E-state index contributed by atoms with van der Waals surface area (Å²) in [7, 11) is 0. The number of anilines is 1. The number of furan rings is 1. The molecule has 108 valence electrons. The number of nitrogens with zero attached hydrogens (tertiary/aromatic N) is 2. The molecule has 0 spiro atoms. The van der Waals surface area contributed by atoms with Gasteiger partial charge in [0.1, 0.15) is 0 Å². The number of thioether (sulfide) groups is 1. The number of aromatic nitrogens is 2. The number of hydrogen-bond acceptors (Lipinski definition) is 6. The summed E-state index contributed by atoms with van der Waals surface area (Å²) in [6.07, 6.45) is 0. The molecule has 3 rings (SSSR count). The van der Waals surface area contributed by atoms with Crippen LogP contribution in [0, 0.1) is 0 Å². The van der Waals surface area contributed by atoms with Crippen LogP contribution in [-0.2, 0) is 5.75 Å². The summed E-state index contributed by atoms with van der Waals surface area (Å²) in [5.74, 6) is 1.80. The Kier molecular flexibility index (Phi) is 4.23. The van der Waals surface area contributed by atoms with E-state index < -0.39 is 0 Å². The summed E-state index contributed by atoms with van der Waals surface area (Å²) in [6.45, 7) is 0. The van der Waals surface area contributed by atoms with Gasteiger partial charge < -0.3 is 14.6 Å². The van der Waals surface area contributed by atoms with Crippen molar-refractivity contribution in [2.24, 2.45) is 0 Å². The number of hydrogen-bond donors (Lipinski definition) is 1. The van der Waals surface area contributed by atoms with Crippen LogP contribution >= 0.6 is 39.3 Å². The Morgan fingerprint density at radius 1 is 1.19 bits per heavy atom. The molecule has 0 aliphatic carbocycles. The second-order valence-corrected chi connectivity index (χ2v) is 6.23.